The number of pyridine rings is 1. The van der Waals surface area contributed by atoms with Gasteiger partial charge in [0.2, 0.25) is 5.91 Å². The van der Waals surface area contributed by atoms with Gasteiger partial charge in [0, 0.05) is 25.9 Å². The third kappa shape index (κ3) is 2.85. The molecule has 1 aromatic heterocycles. The number of anilines is 1. The fraction of sp³-hybridized carbons (Fsp3) is 0.538. The van der Waals surface area contributed by atoms with Crippen LogP contribution >= 0.6 is 23.2 Å². The summed E-state index contributed by atoms with van der Waals surface area (Å²) in [6.07, 6.45) is 1.99. The number of carbonyl (C=O) groups excluding carboxylic acids is 1. The number of aromatic nitrogens is 1. The highest BCUT2D eigenvalue weighted by molar-refractivity contribution is 6.53. The van der Waals surface area contributed by atoms with E-state index in [-0.39, 0.29) is 11.5 Å². The number of rotatable bonds is 5. The average Bonchev–Trinajstić information content (AvgIpc) is 2.90. The zero-order valence-electron chi connectivity index (χ0n) is 11.3. The van der Waals surface area contributed by atoms with Crippen LogP contribution in [0, 0.1) is 5.41 Å². The Balaban J connectivity index is 2.11. The number of methoxy groups -OCH3 is 1. The number of halogens is 2. The molecule has 20 heavy (non-hydrogen) atoms. The average molecular weight is 319 g/mol. The third-order valence-electron chi connectivity index (χ3n) is 3.54. The van der Waals surface area contributed by atoms with E-state index in [9.17, 15) is 9.59 Å². The molecule has 0 spiro atoms. The Morgan fingerprint density at radius 1 is 1.50 bits per heavy atom. The molecule has 1 heterocycles. The molecule has 1 aromatic rings. The summed E-state index contributed by atoms with van der Waals surface area (Å²) in [6.45, 7) is 2.55. The van der Waals surface area contributed by atoms with E-state index in [1.54, 1.807) is 26.3 Å². The Morgan fingerprint density at radius 2 is 2.15 bits per heavy atom. The van der Waals surface area contributed by atoms with Crippen molar-refractivity contribution in [3.63, 3.8) is 0 Å². The smallest absolute Gasteiger partial charge is 0.250 e. The lowest BCUT2D eigenvalue weighted by molar-refractivity contribution is -0.120. The minimum absolute atomic E-state index is 0.151. The van der Waals surface area contributed by atoms with Crippen LogP contribution in [0.3, 0.4) is 0 Å². The number of alkyl halides is 2. The number of ether oxygens (including phenoxy) is 1. The second-order valence-corrected chi connectivity index (χ2v) is 6.59. The Labute approximate surface area is 126 Å². The molecule has 1 unspecified atom stereocenters. The molecule has 1 amide bonds. The van der Waals surface area contributed by atoms with Gasteiger partial charge in [0.1, 0.15) is 4.33 Å². The summed E-state index contributed by atoms with van der Waals surface area (Å²) in [6, 6.07) is 2.95. The third-order valence-corrected chi connectivity index (χ3v) is 4.64. The quantitative estimate of drug-likeness (QED) is 0.845. The summed E-state index contributed by atoms with van der Waals surface area (Å²) in [7, 11) is 1.56. The monoisotopic (exact) mass is 318 g/mol. The topological polar surface area (TPSA) is 60.3 Å². The summed E-state index contributed by atoms with van der Waals surface area (Å²) in [5.74, 6) is -0.251. The summed E-state index contributed by atoms with van der Waals surface area (Å²) in [5, 5.41) is 2.74. The molecule has 1 atom stereocenters. The van der Waals surface area contributed by atoms with E-state index in [2.05, 4.69) is 5.32 Å². The van der Waals surface area contributed by atoms with Crippen molar-refractivity contribution >= 4 is 34.8 Å². The van der Waals surface area contributed by atoms with Gasteiger partial charge < -0.3 is 14.6 Å². The van der Waals surface area contributed by atoms with Crippen LogP contribution in [0.2, 0.25) is 0 Å². The lowest BCUT2D eigenvalue weighted by Crippen LogP contribution is -2.27. The maximum absolute atomic E-state index is 12.1. The van der Waals surface area contributed by atoms with Gasteiger partial charge in [0.25, 0.3) is 5.56 Å². The molecule has 110 valence electrons. The first-order chi connectivity index (χ1) is 9.30. The van der Waals surface area contributed by atoms with Crippen molar-refractivity contribution in [2.45, 2.75) is 24.2 Å². The second-order valence-electron chi connectivity index (χ2n) is 5.11. The highest BCUT2D eigenvalue weighted by Crippen LogP contribution is 2.64. The van der Waals surface area contributed by atoms with Gasteiger partial charge in [-0.2, -0.15) is 0 Å². The largest absolute Gasteiger partial charge is 0.383 e. The van der Waals surface area contributed by atoms with E-state index >= 15 is 0 Å². The molecule has 1 aliphatic carbocycles. The highest BCUT2D eigenvalue weighted by atomic mass is 35.5. The predicted octanol–water partition coefficient (Wildman–Crippen LogP) is 2.02. The van der Waals surface area contributed by atoms with Crippen molar-refractivity contribution < 1.29 is 9.53 Å². The van der Waals surface area contributed by atoms with Crippen molar-refractivity contribution in [2.24, 2.45) is 5.41 Å². The predicted molar refractivity (Wildman–Crippen MR) is 78.4 cm³/mol. The normalized spacial score (nSPS) is 23.4. The van der Waals surface area contributed by atoms with Crippen LogP contribution in [-0.4, -0.2) is 28.5 Å². The minimum Gasteiger partial charge on any atom is -0.383 e. The molecule has 0 aliphatic heterocycles. The Kier molecular flexibility index (Phi) is 4.14. The van der Waals surface area contributed by atoms with Crippen molar-refractivity contribution in [3.05, 3.63) is 28.7 Å². The molecule has 0 saturated heterocycles. The van der Waals surface area contributed by atoms with E-state index in [1.165, 1.54) is 10.6 Å². The maximum Gasteiger partial charge on any atom is 0.250 e. The molecule has 0 radical (unpaired) electrons. The number of hydrogen-bond acceptors (Lipinski definition) is 3. The standard InChI is InChI=1S/C13H16Cl2N2O3/c1-12(8-13(12,14)15)11(19)16-9-3-4-10(18)17(7-9)5-6-20-2/h3-4,7H,5-6,8H2,1-2H3,(H,16,19). The van der Waals surface area contributed by atoms with Crippen LogP contribution in [-0.2, 0) is 16.1 Å². The van der Waals surface area contributed by atoms with Crippen LogP contribution in [0.25, 0.3) is 0 Å². The van der Waals surface area contributed by atoms with Gasteiger partial charge in [0.05, 0.1) is 17.7 Å². The Hall–Kier alpha value is -1.04. The van der Waals surface area contributed by atoms with Crippen LogP contribution in [0.5, 0.6) is 0 Å². The maximum atomic E-state index is 12.1. The van der Waals surface area contributed by atoms with E-state index in [1.807, 2.05) is 0 Å². The summed E-state index contributed by atoms with van der Waals surface area (Å²) in [4.78, 5) is 23.8. The molecule has 5 nitrogen and oxygen atoms in total. The molecule has 1 saturated carbocycles. The molecular formula is C13H16Cl2N2O3. The van der Waals surface area contributed by atoms with E-state index in [0.717, 1.165) is 0 Å². The minimum atomic E-state index is -1.01. The first-order valence-corrected chi connectivity index (χ1v) is 6.94. The Morgan fingerprint density at radius 3 is 2.70 bits per heavy atom. The van der Waals surface area contributed by atoms with Crippen LogP contribution in [0.4, 0.5) is 5.69 Å². The molecule has 2 rings (SSSR count). The SMILES string of the molecule is COCCn1cc(NC(=O)C2(C)CC2(Cl)Cl)ccc1=O. The van der Waals surface area contributed by atoms with E-state index in [4.69, 9.17) is 27.9 Å². The summed E-state index contributed by atoms with van der Waals surface area (Å²) >= 11 is 11.9. The molecule has 1 N–H and O–H groups in total. The number of amides is 1. The molecule has 7 heteroatoms. The number of nitrogens with zero attached hydrogens (tertiary/aromatic N) is 1. The zero-order valence-corrected chi connectivity index (χ0v) is 12.8. The molecule has 1 fully saturated rings. The van der Waals surface area contributed by atoms with Crippen LogP contribution in [0.15, 0.2) is 23.1 Å². The lowest BCUT2D eigenvalue weighted by Gasteiger charge is -2.13. The van der Waals surface area contributed by atoms with Crippen LogP contribution in [0.1, 0.15) is 13.3 Å². The Bertz CT molecular complexity index is 585. The number of carbonyl (C=O) groups is 1. The molecule has 0 aromatic carbocycles. The highest BCUT2D eigenvalue weighted by Gasteiger charge is 2.67. The van der Waals surface area contributed by atoms with E-state index < -0.39 is 9.75 Å². The summed E-state index contributed by atoms with van der Waals surface area (Å²) in [5.41, 5.74) is -0.409. The molecular weight excluding hydrogens is 303 g/mol. The first kappa shape index (κ1) is 15.4. The fourth-order valence-electron chi connectivity index (χ4n) is 1.88. The fourth-order valence-corrected chi connectivity index (χ4v) is 2.59. The molecule has 0 bridgehead atoms. The van der Waals surface area contributed by atoms with E-state index in [0.29, 0.717) is 25.3 Å². The number of nitrogens with one attached hydrogen (secondary N) is 1. The van der Waals surface area contributed by atoms with Gasteiger partial charge in [-0.15, -0.1) is 23.2 Å². The van der Waals surface area contributed by atoms with Crippen LogP contribution < -0.4 is 10.9 Å². The lowest BCUT2D eigenvalue weighted by atomic mass is 10.1. The van der Waals surface area contributed by atoms with Gasteiger partial charge in [-0.25, -0.2) is 0 Å². The zero-order chi connectivity index (χ0) is 15.0. The van der Waals surface area contributed by atoms with Gasteiger partial charge in [-0.3, -0.25) is 9.59 Å². The van der Waals surface area contributed by atoms with Crippen molar-refractivity contribution in [3.8, 4) is 0 Å². The number of hydrogen-bond donors (Lipinski definition) is 1. The van der Waals surface area contributed by atoms with Gasteiger partial charge >= 0.3 is 0 Å². The van der Waals surface area contributed by atoms with Gasteiger partial charge in [0.15, 0.2) is 0 Å². The van der Waals surface area contributed by atoms with Crippen molar-refractivity contribution in [1.29, 1.82) is 0 Å². The van der Waals surface area contributed by atoms with Crippen molar-refractivity contribution in [2.75, 3.05) is 19.0 Å². The summed E-state index contributed by atoms with van der Waals surface area (Å²) < 4.78 is 5.39. The second kappa shape index (κ2) is 5.39. The van der Waals surface area contributed by atoms with Gasteiger partial charge in [-0.05, 0) is 19.4 Å². The first-order valence-electron chi connectivity index (χ1n) is 6.19. The van der Waals surface area contributed by atoms with Crippen molar-refractivity contribution in [1.82, 2.24) is 4.57 Å². The van der Waals surface area contributed by atoms with Gasteiger partial charge in [-0.1, -0.05) is 0 Å². The molecule has 1 aliphatic rings.